The van der Waals surface area contributed by atoms with E-state index in [1.54, 1.807) is 12.1 Å². The van der Waals surface area contributed by atoms with Crippen LogP contribution in [-0.2, 0) is 13.0 Å². The minimum atomic E-state index is -0.340. The Kier molecular flexibility index (Phi) is 11.2. The van der Waals surface area contributed by atoms with Crippen LogP contribution in [0.25, 0.3) is 0 Å². The Balaban J connectivity index is 0.00000102. The van der Waals surface area contributed by atoms with Gasteiger partial charge in [-0.2, -0.15) is 0 Å². The number of aliphatic hydroxyl groups excluding tert-OH is 1. The molecule has 4 heteroatoms. The summed E-state index contributed by atoms with van der Waals surface area (Å²) in [6.45, 7) is 6.23. The number of aryl methyl sites for hydroxylation is 1. The molecule has 0 aliphatic carbocycles. The van der Waals surface area contributed by atoms with Crippen molar-refractivity contribution in [3.05, 3.63) is 64.4 Å². The average molecular weight is 327 g/mol. The minimum Gasteiger partial charge on any atom is -0.489 e. The highest BCUT2D eigenvalue weighted by Gasteiger charge is 2.07. The molecule has 1 N–H and O–H groups in total. The molecule has 0 fully saturated rings. The topological polar surface area (TPSA) is 29.5 Å². The zero-order valence-electron chi connectivity index (χ0n) is 13.6. The Hall–Kier alpha value is -1.58. The van der Waals surface area contributed by atoms with Crippen molar-refractivity contribution in [1.29, 1.82) is 0 Å². The Morgan fingerprint density at radius 3 is 2.14 bits per heavy atom. The zero-order valence-corrected chi connectivity index (χ0v) is 14.3. The van der Waals surface area contributed by atoms with Crippen molar-refractivity contribution in [2.45, 2.75) is 33.8 Å². The lowest BCUT2D eigenvalue weighted by Gasteiger charge is -2.09. The summed E-state index contributed by atoms with van der Waals surface area (Å²) in [7, 11) is 1.00. The van der Waals surface area contributed by atoms with E-state index in [-0.39, 0.29) is 12.4 Å². The maximum absolute atomic E-state index is 13.5. The van der Waals surface area contributed by atoms with E-state index in [0.29, 0.717) is 16.3 Å². The molecule has 0 saturated heterocycles. The van der Waals surface area contributed by atoms with Crippen molar-refractivity contribution in [3.63, 3.8) is 0 Å². The van der Waals surface area contributed by atoms with Gasteiger partial charge in [-0.15, -0.1) is 0 Å². The molecule has 122 valence electrons. The quantitative estimate of drug-likeness (QED) is 0.831. The molecular formula is C18H24ClFO2. The Labute approximate surface area is 137 Å². The summed E-state index contributed by atoms with van der Waals surface area (Å²) < 4.78 is 19.0. The SMILES string of the molecule is CC.CCc1ccc(OCc2c(F)cccc2Cl)cc1.CO. The van der Waals surface area contributed by atoms with E-state index in [2.05, 4.69) is 6.92 Å². The van der Waals surface area contributed by atoms with E-state index in [9.17, 15) is 4.39 Å². The van der Waals surface area contributed by atoms with Crippen LogP contribution in [0.5, 0.6) is 5.75 Å². The van der Waals surface area contributed by atoms with Gasteiger partial charge in [0.2, 0.25) is 0 Å². The molecule has 2 nitrogen and oxygen atoms in total. The van der Waals surface area contributed by atoms with Crippen LogP contribution in [0.15, 0.2) is 42.5 Å². The van der Waals surface area contributed by atoms with Gasteiger partial charge in [0.15, 0.2) is 0 Å². The second-order valence-corrected chi connectivity index (χ2v) is 4.39. The third-order valence-corrected chi connectivity index (χ3v) is 3.13. The number of hydrogen-bond acceptors (Lipinski definition) is 2. The van der Waals surface area contributed by atoms with E-state index in [1.165, 1.54) is 11.6 Å². The average Bonchev–Trinajstić information content (AvgIpc) is 2.58. The van der Waals surface area contributed by atoms with E-state index < -0.39 is 0 Å². The third kappa shape index (κ3) is 6.46. The normalized spacial score (nSPS) is 9.05. The number of aliphatic hydroxyl groups is 1. The first-order valence-electron chi connectivity index (χ1n) is 7.30. The van der Waals surface area contributed by atoms with Gasteiger partial charge >= 0.3 is 0 Å². The van der Waals surface area contributed by atoms with Gasteiger partial charge in [0.1, 0.15) is 18.2 Å². The first-order valence-corrected chi connectivity index (χ1v) is 7.68. The van der Waals surface area contributed by atoms with Gasteiger partial charge < -0.3 is 9.84 Å². The highest BCUT2D eigenvalue weighted by molar-refractivity contribution is 6.31. The maximum Gasteiger partial charge on any atom is 0.131 e. The van der Waals surface area contributed by atoms with Crippen LogP contribution in [0.3, 0.4) is 0 Å². The van der Waals surface area contributed by atoms with Crippen molar-refractivity contribution in [2.75, 3.05) is 7.11 Å². The van der Waals surface area contributed by atoms with Crippen LogP contribution in [0.2, 0.25) is 5.02 Å². The van der Waals surface area contributed by atoms with Gasteiger partial charge in [-0.1, -0.05) is 50.6 Å². The van der Waals surface area contributed by atoms with Crippen molar-refractivity contribution in [2.24, 2.45) is 0 Å². The fraction of sp³-hybridized carbons (Fsp3) is 0.333. The molecular weight excluding hydrogens is 303 g/mol. The van der Waals surface area contributed by atoms with Crippen molar-refractivity contribution in [1.82, 2.24) is 0 Å². The lowest BCUT2D eigenvalue weighted by atomic mass is 10.2. The molecule has 2 aromatic rings. The van der Waals surface area contributed by atoms with Crippen molar-refractivity contribution in [3.8, 4) is 5.75 Å². The molecule has 0 aliphatic heterocycles. The van der Waals surface area contributed by atoms with E-state index >= 15 is 0 Å². The van der Waals surface area contributed by atoms with E-state index in [4.69, 9.17) is 21.4 Å². The molecule has 2 aromatic carbocycles. The van der Waals surface area contributed by atoms with Gasteiger partial charge in [-0.05, 0) is 36.2 Å². The molecule has 0 atom stereocenters. The van der Waals surface area contributed by atoms with Gasteiger partial charge in [0, 0.05) is 12.7 Å². The molecule has 0 radical (unpaired) electrons. The molecule has 0 unspecified atom stereocenters. The van der Waals surface area contributed by atoms with Crippen LogP contribution < -0.4 is 4.74 Å². The second kappa shape index (κ2) is 12.0. The van der Waals surface area contributed by atoms with Crippen LogP contribution in [0.4, 0.5) is 4.39 Å². The Morgan fingerprint density at radius 1 is 1.05 bits per heavy atom. The second-order valence-electron chi connectivity index (χ2n) is 3.99. The van der Waals surface area contributed by atoms with Gasteiger partial charge in [-0.3, -0.25) is 0 Å². The highest BCUT2D eigenvalue weighted by atomic mass is 35.5. The number of ether oxygens (including phenoxy) is 1. The fourth-order valence-electron chi connectivity index (χ4n) is 1.65. The molecule has 0 aliphatic rings. The predicted octanol–water partition coefficient (Wildman–Crippen LogP) is 5.26. The smallest absolute Gasteiger partial charge is 0.131 e. The van der Waals surface area contributed by atoms with Crippen LogP contribution in [0, 0.1) is 5.82 Å². The number of halogens is 2. The first-order chi connectivity index (χ1) is 10.7. The van der Waals surface area contributed by atoms with Crippen molar-refractivity contribution < 1.29 is 14.2 Å². The van der Waals surface area contributed by atoms with Gasteiger partial charge in [0.25, 0.3) is 0 Å². The summed E-state index contributed by atoms with van der Waals surface area (Å²) >= 11 is 5.92. The van der Waals surface area contributed by atoms with Crippen LogP contribution >= 0.6 is 11.6 Å². The summed E-state index contributed by atoms with van der Waals surface area (Å²) in [6, 6.07) is 12.4. The van der Waals surface area contributed by atoms with Crippen LogP contribution in [0.1, 0.15) is 31.9 Å². The molecule has 22 heavy (non-hydrogen) atoms. The first kappa shape index (κ1) is 20.4. The molecule has 0 bridgehead atoms. The summed E-state index contributed by atoms with van der Waals surface area (Å²) in [4.78, 5) is 0. The molecule has 0 saturated carbocycles. The number of benzene rings is 2. The molecule has 2 rings (SSSR count). The standard InChI is InChI=1S/C15H14ClFO.C2H6.CH4O/c1-2-11-6-8-12(9-7-11)18-10-13-14(16)4-3-5-15(13)17;2*1-2/h3-9H,2,10H2,1H3;1-2H3;2H,1H3. The number of hydrogen-bond donors (Lipinski definition) is 1. The minimum absolute atomic E-state index is 0.136. The predicted molar refractivity (Wildman–Crippen MR) is 91.1 cm³/mol. The fourth-order valence-corrected chi connectivity index (χ4v) is 1.86. The Bertz CT molecular complexity index is 507. The lowest BCUT2D eigenvalue weighted by molar-refractivity contribution is 0.300. The Morgan fingerprint density at radius 2 is 1.64 bits per heavy atom. The summed E-state index contributed by atoms with van der Waals surface area (Å²) in [6.07, 6.45) is 0.986. The maximum atomic E-state index is 13.5. The summed E-state index contributed by atoms with van der Waals surface area (Å²) in [5, 5.41) is 7.39. The molecule has 0 aromatic heterocycles. The number of rotatable bonds is 4. The van der Waals surface area contributed by atoms with E-state index in [1.807, 2.05) is 38.1 Å². The summed E-state index contributed by atoms with van der Waals surface area (Å²) in [5.41, 5.74) is 1.63. The third-order valence-electron chi connectivity index (χ3n) is 2.78. The van der Waals surface area contributed by atoms with Gasteiger partial charge in [0.05, 0.1) is 5.02 Å². The zero-order chi connectivity index (χ0) is 17.0. The van der Waals surface area contributed by atoms with Crippen molar-refractivity contribution >= 4 is 11.6 Å². The van der Waals surface area contributed by atoms with Crippen LogP contribution in [-0.4, -0.2) is 12.2 Å². The highest BCUT2D eigenvalue weighted by Crippen LogP contribution is 2.21. The molecule has 0 amide bonds. The van der Waals surface area contributed by atoms with Gasteiger partial charge in [-0.25, -0.2) is 4.39 Å². The molecule has 0 spiro atoms. The monoisotopic (exact) mass is 326 g/mol. The lowest BCUT2D eigenvalue weighted by Crippen LogP contribution is -1.99. The largest absolute Gasteiger partial charge is 0.489 e. The molecule has 0 heterocycles. The van der Waals surface area contributed by atoms with E-state index in [0.717, 1.165) is 13.5 Å². The summed E-state index contributed by atoms with van der Waals surface area (Å²) in [5.74, 6) is 0.374.